The molecular weight excluding hydrogens is 296 g/mol. The Hall–Kier alpha value is -2.04. The van der Waals surface area contributed by atoms with Gasteiger partial charge in [0.05, 0.1) is 6.10 Å². The van der Waals surface area contributed by atoms with Crippen LogP contribution in [0.2, 0.25) is 0 Å². The van der Waals surface area contributed by atoms with Gasteiger partial charge in [0.2, 0.25) is 0 Å². The van der Waals surface area contributed by atoms with Gasteiger partial charge in [-0.25, -0.2) is 8.78 Å². The molecule has 0 aliphatic carbocycles. The fourth-order valence-corrected chi connectivity index (χ4v) is 2.91. The summed E-state index contributed by atoms with van der Waals surface area (Å²) in [5.41, 5.74) is 2.66. The van der Waals surface area contributed by atoms with E-state index in [1.165, 1.54) is 23.3 Å². The van der Waals surface area contributed by atoms with E-state index in [2.05, 4.69) is 23.1 Å². The maximum Gasteiger partial charge on any atom is 0.131 e. The van der Waals surface area contributed by atoms with E-state index in [1.807, 2.05) is 18.2 Å². The lowest BCUT2D eigenvalue weighted by Gasteiger charge is -2.28. The lowest BCUT2D eigenvalue weighted by Crippen LogP contribution is -2.32. The van der Waals surface area contributed by atoms with Crippen molar-refractivity contribution in [2.24, 2.45) is 0 Å². The summed E-state index contributed by atoms with van der Waals surface area (Å²) >= 11 is 0. The Kier molecular flexibility index (Phi) is 4.84. The first kappa shape index (κ1) is 15.8. The highest BCUT2D eigenvalue weighted by Gasteiger charge is 2.19. The second-order valence-corrected chi connectivity index (χ2v) is 5.79. The minimum absolute atomic E-state index is 0.143. The molecule has 1 atom stereocenters. The summed E-state index contributed by atoms with van der Waals surface area (Å²) in [5, 5.41) is 10.2. The Morgan fingerprint density at radius 2 is 1.87 bits per heavy atom. The maximum atomic E-state index is 13.7. The van der Waals surface area contributed by atoms with Crippen LogP contribution in [0.1, 0.15) is 23.7 Å². The van der Waals surface area contributed by atoms with Gasteiger partial charge in [0.15, 0.2) is 0 Å². The zero-order valence-corrected chi connectivity index (χ0v) is 12.8. The third kappa shape index (κ3) is 3.84. The Bertz CT molecular complexity index is 700. The van der Waals surface area contributed by atoms with Gasteiger partial charge < -0.3 is 5.11 Å². The van der Waals surface area contributed by atoms with Crippen LogP contribution in [0.3, 0.4) is 0 Å². The Labute approximate surface area is 134 Å². The molecule has 0 spiro atoms. The molecule has 2 aromatic carbocycles. The van der Waals surface area contributed by atoms with Crippen molar-refractivity contribution >= 4 is 5.57 Å². The molecular formula is C19H19F2NO. The van der Waals surface area contributed by atoms with Gasteiger partial charge in [0.1, 0.15) is 11.6 Å². The third-order valence-corrected chi connectivity index (χ3v) is 4.19. The summed E-state index contributed by atoms with van der Waals surface area (Å²) in [6, 6.07) is 13.5. The molecule has 23 heavy (non-hydrogen) atoms. The van der Waals surface area contributed by atoms with Gasteiger partial charge in [0.25, 0.3) is 0 Å². The van der Waals surface area contributed by atoms with Crippen LogP contribution in [0, 0.1) is 11.6 Å². The van der Waals surface area contributed by atoms with E-state index < -0.39 is 17.7 Å². The van der Waals surface area contributed by atoms with E-state index in [0.717, 1.165) is 19.0 Å². The molecule has 0 aromatic heterocycles. The molecule has 0 radical (unpaired) electrons. The minimum Gasteiger partial charge on any atom is -0.387 e. The number of hydrogen-bond acceptors (Lipinski definition) is 2. The standard InChI is InChI=1S/C19H19F2NO/c20-16-6-7-17(18(21)12-16)19(23)13-22-10-8-15(9-11-22)14-4-2-1-3-5-14/h1-8,12,19,23H,9-11,13H2/t19-/m0/s1. The van der Waals surface area contributed by atoms with Crippen LogP contribution in [0.4, 0.5) is 8.78 Å². The van der Waals surface area contributed by atoms with Crippen molar-refractivity contribution in [2.75, 3.05) is 19.6 Å². The van der Waals surface area contributed by atoms with E-state index in [4.69, 9.17) is 0 Å². The van der Waals surface area contributed by atoms with Gasteiger partial charge in [0, 0.05) is 31.3 Å². The molecule has 1 heterocycles. The highest BCUT2D eigenvalue weighted by Crippen LogP contribution is 2.24. The maximum absolute atomic E-state index is 13.7. The number of β-amino-alcohol motifs (C(OH)–C–C–N with tert-alkyl or cyclic N) is 1. The quantitative estimate of drug-likeness (QED) is 0.928. The summed E-state index contributed by atoms with van der Waals surface area (Å²) in [6.45, 7) is 1.85. The molecule has 1 aliphatic heterocycles. The highest BCUT2D eigenvalue weighted by atomic mass is 19.1. The average molecular weight is 315 g/mol. The molecule has 4 heteroatoms. The lowest BCUT2D eigenvalue weighted by molar-refractivity contribution is 0.116. The van der Waals surface area contributed by atoms with Gasteiger partial charge in [-0.15, -0.1) is 0 Å². The Morgan fingerprint density at radius 3 is 2.52 bits per heavy atom. The summed E-state index contributed by atoms with van der Waals surface area (Å²) in [5.74, 6) is -1.33. The van der Waals surface area contributed by atoms with Crippen molar-refractivity contribution in [1.29, 1.82) is 0 Å². The highest BCUT2D eigenvalue weighted by molar-refractivity contribution is 5.66. The zero-order chi connectivity index (χ0) is 16.2. The number of benzene rings is 2. The molecule has 3 rings (SSSR count). The number of hydrogen-bond donors (Lipinski definition) is 1. The molecule has 1 N–H and O–H groups in total. The Morgan fingerprint density at radius 1 is 1.09 bits per heavy atom. The van der Waals surface area contributed by atoms with E-state index in [0.29, 0.717) is 13.1 Å². The van der Waals surface area contributed by atoms with Gasteiger partial charge >= 0.3 is 0 Å². The van der Waals surface area contributed by atoms with Crippen molar-refractivity contribution in [3.8, 4) is 0 Å². The van der Waals surface area contributed by atoms with Gasteiger partial charge in [-0.3, -0.25) is 4.90 Å². The first-order chi connectivity index (χ1) is 11.1. The predicted molar refractivity (Wildman–Crippen MR) is 86.8 cm³/mol. The van der Waals surface area contributed by atoms with Gasteiger partial charge in [-0.05, 0) is 23.6 Å². The van der Waals surface area contributed by atoms with Gasteiger partial charge in [-0.1, -0.05) is 42.5 Å². The number of halogens is 2. The van der Waals surface area contributed by atoms with E-state index in [-0.39, 0.29) is 5.56 Å². The van der Waals surface area contributed by atoms with Crippen molar-refractivity contribution in [2.45, 2.75) is 12.5 Å². The summed E-state index contributed by atoms with van der Waals surface area (Å²) in [7, 11) is 0. The lowest BCUT2D eigenvalue weighted by atomic mass is 9.99. The molecule has 120 valence electrons. The van der Waals surface area contributed by atoms with E-state index in [9.17, 15) is 13.9 Å². The van der Waals surface area contributed by atoms with E-state index in [1.54, 1.807) is 0 Å². The average Bonchev–Trinajstić information content (AvgIpc) is 2.56. The third-order valence-electron chi connectivity index (χ3n) is 4.19. The zero-order valence-electron chi connectivity index (χ0n) is 12.8. The van der Waals surface area contributed by atoms with Crippen LogP contribution in [0.25, 0.3) is 5.57 Å². The van der Waals surface area contributed by atoms with Crippen LogP contribution >= 0.6 is 0 Å². The van der Waals surface area contributed by atoms with Crippen LogP contribution in [-0.4, -0.2) is 29.6 Å². The molecule has 0 bridgehead atoms. The predicted octanol–water partition coefficient (Wildman–Crippen LogP) is 3.79. The molecule has 0 fully saturated rings. The molecule has 0 saturated heterocycles. The molecule has 2 nitrogen and oxygen atoms in total. The first-order valence-electron chi connectivity index (χ1n) is 7.73. The molecule has 1 aliphatic rings. The van der Waals surface area contributed by atoms with Crippen molar-refractivity contribution < 1.29 is 13.9 Å². The topological polar surface area (TPSA) is 23.5 Å². The van der Waals surface area contributed by atoms with Crippen LogP contribution in [-0.2, 0) is 0 Å². The number of rotatable bonds is 4. The van der Waals surface area contributed by atoms with Crippen LogP contribution in [0.5, 0.6) is 0 Å². The van der Waals surface area contributed by atoms with E-state index >= 15 is 0 Å². The normalized spacial score (nSPS) is 16.9. The molecule has 0 unspecified atom stereocenters. The van der Waals surface area contributed by atoms with Crippen LogP contribution in [0.15, 0.2) is 54.6 Å². The summed E-state index contributed by atoms with van der Waals surface area (Å²) < 4.78 is 26.6. The molecule has 0 amide bonds. The SMILES string of the molecule is O[C@@H](CN1CC=C(c2ccccc2)CC1)c1ccc(F)cc1F. The summed E-state index contributed by atoms with van der Waals surface area (Å²) in [4.78, 5) is 2.07. The monoisotopic (exact) mass is 315 g/mol. The number of aliphatic hydroxyl groups is 1. The van der Waals surface area contributed by atoms with Crippen LogP contribution < -0.4 is 0 Å². The molecule has 0 saturated carbocycles. The minimum atomic E-state index is -0.956. The fourth-order valence-electron chi connectivity index (χ4n) is 2.91. The number of aliphatic hydroxyl groups excluding tert-OH is 1. The second kappa shape index (κ2) is 7.02. The van der Waals surface area contributed by atoms with Gasteiger partial charge in [-0.2, -0.15) is 0 Å². The van der Waals surface area contributed by atoms with Crippen molar-refractivity contribution in [1.82, 2.24) is 4.90 Å². The van der Waals surface area contributed by atoms with Crippen molar-refractivity contribution in [3.63, 3.8) is 0 Å². The second-order valence-electron chi connectivity index (χ2n) is 5.79. The number of nitrogens with zero attached hydrogens (tertiary/aromatic N) is 1. The Balaban J connectivity index is 1.63. The van der Waals surface area contributed by atoms with Crippen molar-refractivity contribution in [3.05, 3.63) is 77.4 Å². The summed E-state index contributed by atoms with van der Waals surface area (Å²) in [6.07, 6.45) is 2.08. The smallest absolute Gasteiger partial charge is 0.131 e. The molecule has 2 aromatic rings. The fraction of sp³-hybridized carbons (Fsp3) is 0.263. The largest absolute Gasteiger partial charge is 0.387 e. The first-order valence-corrected chi connectivity index (χ1v) is 7.73.